The summed E-state index contributed by atoms with van der Waals surface area (Å²) in [4.78, 5) is 45.8. The molecule has 3 fully saturated rings. The Morgan fingerprint density at radius 2 is 1.20 bits per heavy atom. The monoisotopic (exact) mass is 718 g/mol. The van der Waals surface area contributed by atoms with Crippen molar-refractivity contribution in [2.45, 2.75) is 49.1 Å². The van der Waals surface area contributed by atoms with Crippen molar-refractivity contribution in [2.75, 3.05) is 24.7 Å². The molecule has 4 aromatic rings. The summed E-state index contributed by atoms with van der Waals surface area (Å²) in [5.74, 6) is -0.314. The summed E-state index contributed by atoms with van der Waals surface area (Å²) in [6.07, 6.45) is 1.23. The predicted molar refractivity (Wildman–Crippen MR) is 173 cm³/mol. The molecule has 2 unspecified atom stereocenters. The maximum Gasteiger partial charge on any atom is 0.280 e. The highest BCUT2D eigenvalue weighted by Crippen LogP contribution is 2.59. The number of thiol groups is 2. The molecular formula is C22H28N10O10P2S2. The lowest BCUT2D eigenvalue weighted by Crippen LogP contribution is -2.38. The van der Waals surface area contributed by atoms with Crippen LogP contribution in [0.1, 0.15) is 12.5 Å². The molecular weight excluding hydrogens is 690 g/mol. The van der Waals surface area contributed by atoms with E-state index in [9.17, 15) is 19.8 Å². The SMILES string of the molecule is C=P1(S)OC[C@H]2O[C@@H](n3cnc4c(=O)[nH]c(N)nc43)[C@H](O)[C@@H]2OP(=C)(S)OC[C@@H]2O[C@H](n3cnc4c(=O)[nH]c(N)nc43)[C@H](O)[C@H]2O1. The Morgan fingerprint density at radius 3 is 1.59 bits per heavy atom. The third-order valence-corrected chi connectivity index (χ3v) is 11.0. The number of imidazole rings is 2. The number of H-pyrrole nitrogens is 2. The number of hydrogen-bond acceptors (Lipinski definition) is 18. The Labute approximate surface area is 267 Å². The number of hydrogen-bond donors (Lipinski definition) is 8. The van der Waals surface area contributed by atoms with E-state index in [1.165, 1.54) is 21.8 Å². The van der Waals surface area contributed by atoms with Crippen molar-refractivity contribution in [3.8, 4) is 0 Å². The van der Waals surface area contributed by atoms with Crippen molar-refractivity contribution in [3.63, 3.8) is 0 Å². The number of aromatic nitrogens is 8. The zero-order chi connectivity index (χ0) is 32.7. The van der Waals surface area contributed by atoms with Gasteiger partial charge in [-0.2, -0.15) is 9.97 Å². The minimum Gasteiger partial charge on any atom is -0.386 e. The van der Waals surface area contributed by atoms with Crippen LogP contribution in [0.2, 0.25) is 0 Å². The fourth-order valence-corrected chi connectivity index (χ4v) is 8.72. The van der Waals surface area contributed by atoms with Crippen molar-refractivity contribution in [3.05, 3.63) is 33.4 Å². The van der Waals surface area contributed by atoms with Crippen LogP contribution >= 0.6 is 37.6 Å². The quantitative estimate of drug-likeness (QED) is 0.0912. The Hall–Kier alpha value is -2.72. The molecule has 10 atom stereocenters. The summed E-state index contributed by atoms with van der Waals surface area (Å²) in [5.41, 5.74) is 10.4. The smallest absolute Gasteiger partial charge is 0.280 e. The molecule has 4 aromatic heterocycles. The van der Waals surface area contributed by atoms with Crippen LogP contribution < -0.4 is 22.6 Å². The molecule has 24 heteroatoms. The van der Waals surface area contributed by atoms with Crippen LogP contribution in [-0.2, 0) is 27.6 Å². The van der Waals surface area contributed by atoms with Crippen LogP contribution in [0.25, 0.3) is 22.3 Å². The fraction of sp³-hybridized carbons (Fsp3) is 0.455. The highest BCUT2D eigenvalue weighted by Gasteiger charge is 2.51. The first-order chi connectivity index (χ1) is 21.7. The normalized spacial score (nSPS) is 37.1. The lowest BCUT2D eigenvalue weighted by atomic mass is 10.1. The molecule has 0 amide bonds. The lowest BCUT2D eigenvalue weighted by molar-refractivity contribution is -0.0529. The molecule has 0 saturated carbocycles. The van der Waals surface area contributed by atoms with E-state index in [1.807, 2.05) is 0 Å². The molecule has 0 spiro atoms. The van der Waals surface area contributed by atoms with Crippen LogP contribution in [0.15, 0.2) is 22.2 Å². The number of aliphatic hydroxyl groups is 2. The molecule has 248 valence electrons. The number of aromatic amines is 2. The van der Waals surface area contributed by atoms with Crippen molar-refractivity contribution < 1.29 is 37.8 Å². The van der Waals surface area contributed by atoms with Crippen LogP contribution in [0.5, 0.6) is 0 Å². The van der Waals surface area contributed by atoms with Crippen molar-refractivity contribution in [1.82, 2.24) is 39.0 Å². The van der Waals surface area contributed by atoms with E-state index in [0.29, 0.717) is 0 Å². The minimum absolute atomic E-state index is 0.0193. The number of nitrogens with zero attached hydrogens (tertiary/aromatic N) is 6. The highest BCUT2D eigenvalue weighted by molar-refractivity contribution is 8.48. The molecule has 0 radical (unpaired) electrons. The van der Waals surface area contributed by atoms with Gasteiger partial charge in [0.05, 0.1) is 25.9 Å². The van der Waals surface area contributed by atoms with Gasteiger partial charge in [0.15, 0.2) is 47.9 Å². The van der Waals surface area contributed by atoms with Crippen LogP contribution in [0, 0.1) is 0 Å². The second-order valence-corrected chi connectivity index (χ2v) is 17.8. The van der Waals surface area contributed by atoms with Crippen molar-refractivity contribution in [2.24, 2.45) is 0 Å². The average Bonchev–Trinajstić information content (AvgIpc) is 3.72. The van der Waals surface area contributed by atoms with E-state index >= 15 is 0 Å². The lowest BCUT2D eigenvalue weighted by Gasteiger charge is -2.32. The molecule has 7 heterocycles. The number of anilines is 2. The van der Waals surface area contributed by atoms with E-state index in [1.54, 1.807) is 0 Å². The first-order valence-corrected chi connectivity index (χ1v) is 19.3. The van der Waals surface area contributed by atoms with E-state index in [-0.39, 0.29) is 47.4 Å². The van der Waals surface area contributed by atoms with Gasteiger partial charge in [0.2, 0.25) is 11.9 Å². The van der Waals surface area contributed by atoms with Gasteiger partial charge in [-0.05, 0) is 12.6 Å². The first-order valence-electron chi connectivity index (χ1n) is 13.4. The van der Waals surface area contributed by atoms with Gasteiger partial charge in [-0.1, -0.05) is 24.5 Å². The first kappa shape index (κ1) is 31.9. The van der Waals surface area contributed by atoms with Gasteiger partial charge in [0.1, 0.15) is 36.6 Å². The van der Waals surface area contributed by atoms with Gasteiger partial charge in [0.25, 0.3) is 11.1 Å². The minimum atomic E-state index is -3.30. The van der Waals surface area contributed by atoms with Crippen LogP contribution in [0.4, 0.5) is 11.9 Å². The molecule has 0 aromatic carbocycles. The summed E-state index contributed by atoms with van der Waals surface area (Å²) in [7, 11) is 0. The molecule has 0 bridgehead atoms. The van der Waals surface area contributed by atoms with Gasteiger partial charge in [-0.25, -0.2) is 9.97 Å². The van der Waals surface area contributed by atoms with Gasteiger partial charge in [-0.15, -0.1) is 0 Å². The fourth-order valence-electron chi connectivity index (χ4n) is 5.51. The summed E-state index contributed by atoms with van der Waals surface area (Å²) in [6, 6.07) is 0. The zero-order valence-electron chi connectivity index (χ0n) is 23.4. The van der Waals surface area contributed by atoms with Gasteiger partial charge >= 0.3 is 0 Å². The Bertz CT molecular complexity index is 1910. The average molecular weight is 719 g/mol. The third kappa shape index (κ3) is 5.61. The molecule has 7 rings (SSSR count). The second kappa shape index (κ2) is 11.5. The number of ether oxygens (including phenoxy) is 2. The molecule has 20 nitrogen and oxygen atoms in total. The number of nitrogens with one attached hydrogen (secondary N) is 2. The molecule has 8 N–H and O–H groups in total. The molecule has 3 aliphatic heterocycles. The Morgan fingerprint density at radius 1 is 0.804 bits per heavy atom. The predicted octanol–water partition coefficient (Wildman–Crippen LogP) is -1.00. The Balaban J connectivity index is 1.18. The summed E-state index contributed by atoms with van der Waals surface area (Å²) >= 11 is 9.06. The van der Waals surface area contributed by atoms with Gasteiger partial charge in [-0.3, -0.25) is 28.7 Å². The topological polar surface area (TPSA) is 275 Å². The molecule has 46 heavy (non-hydrogen) atoms. The van der Waals surface area contributed by atoms with E-state index in [4.69, 9.17) is 39.0 Å². The number of rotatable bonds is 2. The molecule has 3 aliphatic rings. The maximum absolute atomic E-state index is 12.3. The van der Waals surface area contributed by atoms with E-state index in [0.717, 1.165) is 0 Å². The Kier molecular flexibility index (Phi) is 7.94. The van der Waals surface area contributed by atoms with E-state index in [2.05, 4.69) is 67.0 Å². The maximum atomic E-state index is 12.3. The van der Waals surface area contributed by atoms with E-state index < -0.39 is 73.3 Å². The third-order valence-electron chi connectivity index (χ3n) is 7.52. The zero-order valence-corrected chi connectivity index (χ0v) is 27.0. The summed E-state index contributed by atoms with van der Waals surface area (Å²) < 4.78 is 39.2. The number of aliphatic hydroxyl groups excluding tert-OH is 2. The van der Waals surface area contributed by atoms with Crippen LogP contribution in [-0.4, -0.2) is 112 Å². The number of fused-ring (bicyclic) bond motifs is 4. The summed E-state index contributed by atoms with van der Waals surface area (Å²) in [5, 5.41) is 22.8. The largest absolute Gasteiger partial charge is 0.386 e. The number of nitrogens with two attached hydrogens (primary N) is 2. The molecule has 0 aliphatic carbocycles. The standard InChI is InChI=1S/C22H28N10O10P2S2/c1-43(45)37-3-7-14(12(34)20(39-7)32-6-26-10-16(32)28-22(24)30-18(10)36)42-44(2,46)38-4-8-13(41-43)11(33)19(40-8)31-5-25-9-15(31)27-21(23)29-17(9)35/h5-8,11-14,19-20,33-34,45-46H,1-4H2,(H3,23,27,29,35)(H3,24,28,30,36)/t7-,8+,11-,12-,13+,14-,19+,20-,43?,44?/m1/s1. The van der Waals surface area contributed by atoms with Crippen molar-refractivity contribution >= 4 is 84.4 Å². The molecule has 3 saturated heterocycles. The van der Waals surface area contributed by atoms with Gasteiger partial charge < -0.3 is 49.2 Å². The number of nitrogen functional groups attached to an aromatic ring is 2. The second-order valence-electron chi connectivity index (χ2n) is 10.7. The summed E-state index contributed by atoms with van der Waals surface area (Å²) in [6.45, 7) is -7.11. The van der Waals surface area contributed by atoms with Crippen LogP contribution in [0.3, 0.4) is 0 Å². The highest BCUT2D eigenvalue weighted by atomic mass is 32.7. The van der Waals surface area contributed by atoms with Gasteiger partial charge in [0, 0.05) is 0 Å². The van der Waals surface area contributed by atoms with Crippen molar-refractivity contribution in [1.29, 1.82) is 0 Å².